The molecule has 1 aliphatic rings. The highest BCUT2D eigenvalue weighted by Gasteiger charge is 2.14. The Labute approximate surface area is 148 Å². The van der Waals surface area contributed by atoms with Crippen LogP contribution in [-0.2, 0) is 13.0 Å². The van der Waals surface area contributed by atoms with Crippen LogP contribution in [0, 0.1) is 0 Å². The third-order valence-electron chi connectivity index (χ3n) is 4.36. The summed E-state index contributed by atoms with van der Waals surface area (Å²) in [6.07, 6.45) is 1.18. The lowest BCUT2D eigenvalue weighted by atomic mass is 10.1. The summed E-state index contributed by atoms with van der Waals surface area (Å²) in [6, 6.07) is 15.3. The van der Waals surface area contributed by atoms with Crippen LogP contribution in [0.5, 0.6) is 5.75 Å². The number of nitrogens with zero attached hydrogens (tertiary/aromatic N) is 1. The molecule has 3 heteroatoms. The number of H-pyrrole nitrogens is 1. The molecule has 3 aromatic rings. The molecule has 0 aliphatic carbocycles. The third-order valence-corrected chi connectivity index (χ3v) is 4.36. The molecule has 0 unspecified atom stereocenters. The van der Waals surface area contributed by atoms with Gasteiger partial charge >= 0.3 is 0 Å². The first kappa shape index (κ1) is 11.3. The van der Waals surface area contributed by atoms with Crippen LogP contribution >= 0.6 is 0 Å². The quantitative estimate of drug-likeness (QED) is 0.728. The molecule has 24 heavy (non-hydrogen) atoms. The Morgan fingerprint density at radius 3 is 2.71 bits per heavy atom. The Hall–Kier alpha value is -2.26. The predicted octanol–water partition coefficient (Wildman–Crippen LogP) is 4.39. The highest BCUT2D eigenvalue weighted by Crippen LogP contribution is 2.30. The molecule has 0 amide bonds. The summed E-state index contributed by atoms with van der Waals surface area (Å²) in [4.78, 5) is 4.70. The summed E-state index contributed by atoms with van der Waals surface area (Å²) in [5.74, 6) is 0.554. The minimum atomic E-state index is -2.19. The van der Waals surface area contributed by atoms with E-state index in [2.05, 4.69) is 4.98 Å². The van der Waals surface area contributed by atoms with Crippen LogP contribution in [0.1, 0.15) is 29.5 Å². The zero-order valence-corrected chi connectivity index (χ0v) is 13.6. The molecule has 0 bridgehead atoms. The number of likely N-dealkylation sites (tertiary alicyclic amines) is 1. The molecule has 3 nitrogen and oxygen atoms in total. The lowest BCUT2D eigenvalue weighted by Crippen LogP contribution is -2.21. The molecule has 2 aromatic carbocycles. The van der Waals surface area contributed by atoms with Gasteiger partial charge in [0.2, 0.25) is 0 Å². The molecule has 4 rings (SSSR count). The number of hydrogen-bond donors (Lipinski definition) is 1. The lowest BCUT2D eigenvalue weighted by Gasteiger charge is -2.14. The number of aromatic amines is 1. The van der Waals surface area contributed by atoms with Crippen molar-refractivity contribution in [2.45, 2.75) is 25.8 Å². The molecule has 0 saturated carbocycles. The molecule has 124 valence electrons. The second-order valence-electron chi connectivity index (χ2n) is 6.09. The number of benzene rings is 2. The highest BCUT2D eigenvalue weighted by molar-refractivity contribution is 5.89. The Bertz CT molecular complexity index is 949. The fraction of sp³-hybridized carbons (Fsp3) is 0.333. The van der Waals surface area contributed by atoms with E-state index in [9.17, 15) is 0 Å². The number of ether oxygens (including phenoxy) is 1. The smallest absolute Gasteiger partial charge is 0.129 e. The van der Waals surface area contributed by atoms with Gasteiger partial charge < -0.3 is 14.6 Å². The molecular weight excluding hydrogens is 296 g/mol. The minimum absolute atomic E-state index is 0.295. The molecule has 1 aromatic heterocycles. The van der Waals surface area contributed by atoms with Crippen LogP contribution in [-0.4, -0.2) is 29.5 Å². The molecular formula is C21H24N2O. The second-order valence-corrected chi connectivity index (χ2v) is 6.09. The maximum atomic E-state index is 8.70. The monoisotopic (exact) mass is 324 g/mol. The highest BCUT2D eigenvalue weighted by atomic mass is 16.5. The van der Waals surface area contributed by atoms with Gasteiger partial charge in [-0.2, -0.15) is 0 Å². The van der Waals surface area contributed by atoms with Gasteiger partial charge in [-0.15, -0.1) is 0 Å². The number of hydrogen-bond acceptors (Lipinski definition) is 2. The summed E-state index contributed by atoms with van der Waals surface area (Å²) in [6.45, 7) is -0.587. The summed E-state index contributed by atoms with van der Waals surface area (Å²) < 4.78 is 40.5. The third kappa shape index (κ3) is 3.31. The number of nitrogens with one attached hydrogen (secondary N) is 1. The van der Waals surface area contributed by atoms with Crippen molar-refractivity contribution in [1.29, 1.82) is 0 Å². The summed E-state index contributed by atoms with van der Waals surface area (Å²) in [5, 5.41) is 0.603. The van der Waals surface area contributed by atoms with Crippen molar-refractivity contribution in [2.75, 3.05) is 19.6 Å². The maximum absolute atomic E-state index is 8.70. The van der Waals surface area contributed by atoms with Crippen molar-refractivity contribution in [3.8, 4) is 5.75 Å². The van der Waals surface area contributed by atoms with Crippen molar-refractivity contribution in [2.24, 2.45) is 0 Å². The summed E-state index contributed by atoms with van der Waals surface area (Å²) in [5.41, 5.74) is 2.05. The van der Waals surface area contributed by atoms with E-state index in [1.165, 1.54) is 0 Å². The molecule has 1 N–H and O–H groups in total. The minimum Gasteiger partial charge on any atom is -0.488 e. The number of rotatable bonds is 6. The normalized spacial score (nSPS) is 18.8. The van der Waals surface area contributed by atoms with Gasteiger partial charge in [0.1, 0.15) is 12.4 Å². The fourth-order valence-electron chi connectivity index (χ4n) is 3.07. The molecule has 0 spiro atoms. The van der Waals surface area contributed by atoms with E-state index in [0.29, 0.717) is 36.4 Å². The van der Waals surface area contributed by atoms with Gasteiger partial charge in [-0.1, -0.05) is 36.4 Å². The average molecular weight is 324 g/mol. The van der Waals surface area contributed by atoms with Crippen LogP contribution in [0.4, 0.5) is 0 Å². The molecule has 0 atom stereocenters. The number of aryl methyl sites for hydroxylation is 1. The largest absolute Gasteiger partial charge is 0.488 e. The second kappa shape index (κ2) is 7.10. The van der Waals surface area contributed by atoms with E-state index in [4.69, 9.17) is 10.2 Å². The fourth-order valence-corrected chi connectivity index (χ4v) is 3.07. The van der Waals surface area contributed by atoms with Crippen LogP contribution in [0.3, 0.4) is 0 Å². The Morgan fingerprint density at radius 1 is 1.04 bits per heavy atom. The first-order valence-corrected chi connectivity index (χ1v) is 8.43. The Balaban J connectivity index is 1.71. The van der Waals surface area contributed by atoms with E-state index in [0.717, 1.165) is 23.9 Å². The van der Waals surface area contributed by atoms with Crippen molar-refractivity contribution in [3.63, 3.8) is 0 Å². The Morgan fingerprint density at radius 2 is 1.88 bits per heavy atom. The summed E-state index contributed by atoms with van der Waals surface area (Å²) in [7, 11) is 0. The van der Waals surface area contributed by atoms with Crippen LogP contribution in [0.15, 0.2) is 54.7 Å². The van der Waals surface area contributed by atoms with Gasteiger partial charge in [0.15, 0.2) is 0 Å². The molecule has 1 fully saturated rings. The van der Waals surface area contributed by atoms with E-state index in [1.807, 2.05) is 48.5 Å². The first-order chi connectivity index (χ1) is 13.4. The first-order valence-electron chi connectivity index (χ1n) is 10.4. The van der Waals surface area contributed by atoms with Gasteiger partial charge in [0.05, 0.1) is 0 Å². The maximum Gasteiger partial charge on any atom is 0.129 e. The Kier molecular flexibility index (Phi) is 3.35. The molecule has 2 heterocycles. The van der Waals surface area contributed by atoms with Crippen molar-refractivity contribution in [1.82, 2.24) is 9.88 Å². The average Bonchev–Trinajstić information content (AvgIpc) is 3.37. The predicted molar refractivity (Wildman–Crippen MR) is 98.5 cm³/mol. The van der Waals surface area contributed by atoms with Crippen molar-refractivity contribution >= 4 is 10.9 Å². The van der Waals surface area contributed by atoms with Gasteiger partial charge in [0, 0.05) is 29.1 Å². The zero-order valence-electron chi connectivity index (χ0n) is 17.6. The van der Waals surface area contributed by atoms with Gasteiger partial charge in [-0.05, 0) is 55.6 Å². The van der Waals surface area contributed by atoms with Crippen molar-refractivity contribution in [3.05, 3.63) is 65.9 Å². The molecule has 0 radical (unpaired) electrons. The van der Waals surface area contributed by atoms with Crippen molar-refractivity contribution < 1.29 is 10.2 Å². The van der Waals surface area contributed by atoms with Crippen LogP contribution in [0.2, 0.25) is 0 Å². The molecule has 1 saturated heterocycles. The van der Waals surface area contributed by atoms with E-state index in [-0.39, 0.29) is 0 Å². The lowest BCUT2D eigenvalue weighted by molar-refractivity contribution is 0.309. The standard InChI is InChI=1S/C21H24N2O/c1-2-7-17(8-3-1)16-24-20-10-6-9-19-21(20)18(15-22-19)11-14-23-12-4-5-13-23/h1-3,6-10,15,22H,4-5,11-14,16H2/i11D2,14D2. The van der Waals surface area contributed by atoms with E-state index < -0.39 is 12.9 Å². The topological polar surface area (TPSA) is 28.3 Å². The van der Waals surface area contributed by atoms with Crippen LogP contribution < -0.4 is 4.74 Å². The number of aromatic nitrogens is 1. The van der Waals surface area contributed by atoms with Gasteiger partial charge in [0.25, 0.3) is 0 Å². The SMILES string of the molecule is [2H]C([2H])(c1c[nH]c2cccc(OCc3ccccc3)c12)C([2H])([2H])N1CCCC1. The van der Waals surface area contributed by atoms with Crippen LogP contribution in [0.25, 0.3) is 10.9 Å². The van der Waals surface area contributed by atoms with E-state index >= 15 is 0 Å². The van der Waals surface area contributed by atoms with Gasteiger partial charge in [-0.3, -0.25) is 0 Å². The van der Waals surface area contributed by atoms with Gasteiger partial charge in [-0.25, -0.2) is 0 Å². The zero-order chi connectivity index (χ0) is 19.8. The summed E-state index contributed by atoms with van der Waals surface area (Å²) >= 11 is 0. The van der Waals surface area contributed by atoms with E-state index in [1.54, 1.807) is 11.1 Å². The molecule has 1 aliphatic heterocycles. The number of fused-ring (bicyclic) bond motifs is 1.